The molecule has 0 aliphatic carbocycles. The van der Waals surface area contributed by atoms with Gasteiger partial charge < -0.3 is 15.0 Å². The lowest BCUT2D eigenvalue weighted by Gasteiger charge is -2.33. The molecule has 2 rings (SSSR count). The number of aryl methyl sites for hydroxylation is 1. The molecular formula is C25H34N2O3. The van der Waals surface area contributed by atoms with Gasteiger partial charge in [0.05, 0.1) is 13.5 Å². The highest BCUT2D eigenvalue weighted by Crippen LogP contribution is 2.19. The standard InChI is InChI=1S/C25H34N2O3/c1-7-22(24(29)26-25(3,4)5)27(17-20-9-8-10-21(15-20)30-6)23(28)16-19-13-11-18(2)12-14-19/h8-15,22H,7,16-17H2,1-6H3,(H,26,29)/t22-/m0/s1. The molecule has 0 aliphatic rings. The molecule has 2 aromatic carbocycles. The molecule has 1 atom stereocenters. The van der Waals surface area contributed by atoms with Crippen molar-refractivity contribution in [1.82, 2.24) is 10.2 Å². The van der Waals surface area contributed by atoms with Gasteiger partial charge in [-0.3, -0.25) is 9.59 Å². The van der Waals surface area contributed by atoms with E-state index in [9.17, 15) is 9.59 Å². The lowest BCUT2D eigenvalue weighted by atomic mass is 10.0. The molecule has 0 heterocycles. The van der Waals surface area contributed by atoms with Crippen LogP contribution in [0.2, 0.25) is 0 Å². The van der Waals surface area contributed by atoms with Crippen LogP contribution < -0.4 is 10.1 Å². The molecule has 0 saturated carbocycles. The fourth-order valence-corrected chi connectivity index (χ4v) is 3.32. The fourth-order valence-electron chi connectivity index (χ4n) is 3.32. The molecule has 0 bridgehead atoms. The summed E-state index contributed by atoms with van der Waals surface area (Å²) in [4.78, 5) is 28.0. The van der Waals surface area contributed by atoms with Gasteiger partial charge in [0, 0.05) is 12.1 Å². The molecule has 0 spiro atoms. The molecule has 0 fully saturated rings. The Kier molecular flexibility index (Phi) is 8.04. The van der Waals surface area contributed by atoms with Gasteiger partial charge in [-0.15, -0.1) is 0 Å². The van der Waals surface area contributed by atoms with E-state index in [0.717, 1.165) is 22.4 Å². The Labute approximate surface area is 180 Å². The van der Waals surface area contributed by atoms with E-state index in [0.29, 0.717) is 13.0 Å². The highest BCUT2D eigenvalue weighted by Gasteiger charge is 2.30. The summed E-state index contributed by atoms with van der Waals surface area (Å²) in [5.74, 6) is 0.522. The zero-order valence-corrected chi connectivity index (χ0v) is 19.0. The van der Waals surface area contributed by atoms with E-state index < -0.39 is 6.04 Å². The number of carbonyl (C=O) groups is 2. The largest absolute Gasteiger partial charge is 0.497 e. The monoisotopic (exact) mass is 410 g/mol. The Bertz CT molecular complexity index is 853. The number of hydrogen-bond acceptors (Lipinski definition) is 3. The quantitative estimate of drug-likeness (QED) is 0.707. The normalized spacial score (nSPS) is 12.2. The highest BCUT2D eigenvalue weighted by molar-refractivity contribution is 5.88. The van der Waals surface area contributed by atoms with Gasteiger partial charge in [0.15, 0.2) is 0 Å². The van der Waals surface area contributed by atoms with Gasteiger partial charge in [0.25, 0.3) is 0 Å². The fraction of sp³-hybridized carbons (Fsp3) is 0.440. The van der Waals surface area contributed by atoms with E-state index in [1.165, 1.54) is 0 Å². The van der Waals surface area contributed by atoms with Crippen molar-refractivity contribution in [2.75, 3.05) is 7.11 Å². The maximum Gasteiger partial charge on any atom is 0.243 e. The van der Waals surface area contributed by atoms with E-state index in [4.69, 9.17) is 4.74 Å². The molecule has 2 amide bonds. The second-order valence-electron chi connectivity index (χ2n) is 8.70. The Balaban J connectivity index is 2.32. The van der Waals surface area contributed by atoms with Crippen LogP contribution in [0.25, 0.3) is 0 Å². The average Bonchev–Trinajstić information content (AvgIpc) is 2.68. The zero-order chi connectivity index (χ0) is 22.3. The Hall–Kier alpha value is -2.82. The lowest BCUT2D eigenvalue weighted by Crippen LogP contribution is -2.53. The van der Waals surface area contributed by atoms with Gasteiger partial charge in [0.2, 0.25) is 11.8 Å². The molecule has 0 aliphatic heterocycles. The van der Waals surface area contributed by atoms with Gasteiger partial charge in [-0.05, 0) is 57.4 Å². The molecule has 1 N–H and O–H groups in total. The Morgan fingerprint density at radius 2 is 1.73 bits per heavy atom. The number of benzene rings is 2. The van der Waals surface area contributed by atoms with Crippen LogP contribution in [-0.2, 0) is 22.6 Å². The van der Waals surface area contributed by atoms with E-state index in [1.54, 1.807) is 12.0 Å². The summed E-state index contributed by atoms with van der Waals surface area (Å²) in [5.41, 5.74) is 2.64. The van der Waals surface area contributed by atoms with Crippen molar-refractivity contribution < 1.29 is 14.3 Å². The van der Waals surface area contributed by atoms with Gasteiger partial charge in [-0.1, -0.05) is 48.9 Å². The van der Waals surface area contributed by atoms with Crippen LogP contribution in [0.1, 0.15) is 50.8 Å². The van der Waals surface area contributed by atoms with E-state index in [2.05, 4.69) is 5.32 Å². The van der Waals surface area contributed by atoms with E-state index in [1.807, 2.05) is 83.1 Å². The van der Waals surface area contributed by atoms with Gasteiger partial charge >= 0.3 is 0 Å². The highest BCUT2D eigenvalue weighted by atomic mass is 16.5. The first-order valence-electron chi connectivity index (χ1n) is 10.4. The van der Waals surface area contributed by atoms with E-state index in [-0.39, 0.29) is 23.8 Å². The first-order chi connectivity index (χ1) is 14.1. The summed E-state index contributed by atoms with van der Waals surface area (Å²) in [6.07, 6.45) is 0.787. The predicted molar refractivity (Wildman–Crippen MR) is 120 cm³/mol. The molecule has 0 unspecified atom stereocenters. The average molecular weight is 411 g/mol. The second kappa shape index (κ2) is 10.3. The SMILES string of the molecule is CC[C@@H](C(=O)NC(C)(C)C)N(Cc1cccc(OC)c1)C(=O)Cc1ccc(C)cc1. The lowest BCUT2D eigenvalue weighted by molar-refractivity contribution is -0.141. The number of nitrogens with zero attached hydrogens (tertiary/aromatic N) is 1. The first kappa shape index (κ1) is 23.5. The summed E-state index contributed by atoms with van der Waals surface area (Å²) < 4.78 is 5.32. The summed E-state index contributed by atoms with van der Waals surface area (Å²) in [6.45, 7) is 10.1. The maximum absolute atomic E-state index is 13.3. The smallest absolute Gasteiger partial charge is 0.243 e. The number of amides is 2. The van der Waals surface area contributed by atoms with Crippen molar-refractivity contribution in [2.24, 2.45) is 0 Å². The number of carbonyl (C=O) groups excluding carboxylic acids is 2. The summed E-state index contributed by atoms with van der Waals surface area (Å²) in [7, 11) is 1.62. The van der Waals surface area contributed by atoms with Crippen molar-refractivity contribution in [3.63, 3.8) is 0 Å². The van der Waals surface area contributed by atoms with Crippen molar-refractivity contribution in [3.05, 3.63) is 65.2 Å². The molecule has 2 aromatic rings. The third-order valence-corrected chi connectivity index (χ3v) is 4.85. The molecule has 0 radical (unpaired) electrons. The minimum atomic E-state index is -0.548. The first-order valence-corrected chi connectivity index (χ1v) is 10.4. The summed E-state index contributed by atoms with van der Waals surface area (Å²) >= 11 is 0. The van der Waals surface area contributed by atoms with Crippen molar-refractivity contribution in [3.8, 4) is 5.75 Å². The van der Waals surface area contributed by atoms with Crippen LogP contribution in [0.4, 0.5) is 0 Å². The van der Waals surface area contributed by atoms with Crippen molar-refractivity contribution in [2.45, 2.75) is 65.6 Å². The molecule has 5 nitrogen and oxygen atoms in total. The van der Waals surface area contributed by atoms with Crippen LogP contribution in [0.3, 0.4) is 0 Å². The maximum atomic E-state index is 13.3. The second-order valence-corrected chi connectivity index (χ2v) is 8.70. The Morgan fingerprint density at radius 3 is 2.30 bits per heavy atom. The molecule has 30 heavy (non-hydrogen) atoms. The zero-order valence-electron chi connectivity index (χ0n) is 19.0. The van der Waals surface area contributed by atoms with Crippen LogP contribution in [-0.4, -0.2) is 35.4 Å². The topological polar surface area (TPSA) is 58.6 Å². The summed E-state index contributed by atoms with van der Waals surface area (Å²) in [5, 5.41) is 3.03. The van der Waals surface area contributed by atoms with E-state index >= 15 is 0 Å². The molecule has 162 valence electrons. The minimum Gasteiger partial charge on any atom is -0.497 e. The predicted octanol–water partition coefficient (Wildman–Crippen LogP) is 4.27. The third-order valence-electron chi connectivity index (χ3n) is 4.85. The number of rotatable bonds is 8. The number of methoxy groups -OCH3 is 1. The van der Waals surface area contributed by atoms with Gasteiger partial charge in [-0.25, -0.2) is 0 Å². The third kappa shape index (κ3) is 6.90. The van der Waals surface area contributed by atoms with Gasteiger partial charge in [0.1, 0.15) is 11.8 Å². The number of ether oxygens (including phenoxy) is 1. The van der Waals surface area contributed by atoms with Crippen LogP contribution in [0, 0.1) is 6.92 Å². The molecule has 0 aromatic heterocycles. The molecule has 0 saturated heterocycles. The molecular weight excluding hydrogens is 376 g/mol. The van der Waals surface area contributed by atoms with Crippen molar-refractivity contribution >= 4 is 11.8 Å². The minimum absolute atomic E-state index is 0.0717. The number of nitrogens with one attached hydrogen (secondary N) is 1. The molecule has 5 heteroatoms. The van der Waals surface area contributed by atoms with Crippen LogP contribution in [0.15, 0.2) is 48.5 Å². The van der Waals surface area contributed by atoms with Gasteiger partial charge in [-0.2, -0.15) is 0 Å². The van der Waals surface area contributed by atoms with Crippen molar-refractivity contribution in [1.29, 1.82) is 0 Å². The Morgan fingerprint density at radius 1 is 1.07 bits per heavy atom. The summed E-state index contributed by atoms with van der Waals surface area (Å²) in [6, 6.07) is 15.0. The number of hydrogen-bond donors (Lipinski definition) is 1. The van der Waals surface area contributed by atoms with Crippen LogP contribution >= 0.6 is 0 Å². The van der Waals surface area contributed by atoms with Crippen LogP contribution in [0.5, 0.6) is 5.75 Å².